The molecular weight excluding hydrogens is 434 g/mol. The van der Waals surface area contributed by atoms with E-state index < -0.39 is 10.0 Å². The third-order valence-corrected chi connectivity index (χ3v) is 8.02. The summed E-state index contributed by atoms with van der Waals surface area (Å²) in [4.78, 5) is 6.50. The SMILES string of the molecule is O=S1(=O)CS/C(=N\C(=S)N(Cc2ccccc2)c2ccccc2)N1c1ccccc1. The molecule has 30 heavy (non-hydrogen) atoms. The minimum atomic E-state index is -3.50. The zero-order valence-electron chi connectivity index (χ0n) is 16.0. The number of thioether (sulfide) groups is 1. The minimum absolute atomic E-state index is 0.0621. The smallest absolute Gasteiger partial charge is 0.250 e. The van der Waals surface area contributed by atoms with E-state index in [0.29, 0.717) is 22.5 Å². The Labute approximate surface area is 186 Å². The molecule has 1 fully saturated rings. The quantitative estimate of drug-likeness (QED) is 0.527. The Hall–Kier alpha value is -2.68. The highest BCUT2D eigenvalue weighted by molar-refractivity contribution is 8.27. The molecule has 0 aromatic heterocycles. The van der Waals surface area contributed by atoms with Gasteiger partial charge >= 0.3 is 0 Å². The van der Waals surface area contributed by atoms with E-state index in [9.17, 15) is 8.42 Å². The number of amidine groups is 1. The standard InChI is InChI=1S/C22H19N3O2S3/c26-30(27)17-29-22(25(30)20-14-8-3-9-15-20)23-21(28)24(19-12-6-2-7-13-19)16-18-10-4-1-5-11-18/h1-15H,16-17H2/b23-22-. The van der Waals surface area contributed by atoms with Gasteiger partial charge in [-0.15, -0.1) is 0 Å². The topological polar surface area (TPSA) is 53.0 Å². The van der Waals surface area contributed by atoms with E-state index in [4.69, 9.17) is 12.2 Å². The van der Waals surface area contributed by atoms with Gasteiger partial charge in [0.15, 0.2) is 5.17 Å². The lowest BCUT2D eigenvalue weighted by atomic mass is 10.2. The molecule has 0 aliphatic carbocycles. The highest BCUT2D eigenvalue weighted by atomic mass is 32.3. The maximum atomic E-state index is 12.7. The molecule has 0 bridgehead atoms. The zero-order chi connectivity index (χ0) is 21.0. The van der Waals surface area contributed by atoms with Crippen molar-refractivity contribution in [2.75, 3.05) is 14.3 Å². The number of benzene rings is 3. The van der Waals surface area contributed by atoms with Crippen molar-refractivity contribution in [2.24, 2.45) is 4.99 Å². The fourth-order valence-corrected chi connectivity index (χ4v) is 6.40. The summed E-state index contributed by atoms with van der Waals surface area (Å²) in [6.45, 7) is 0.531. The van der Waals surface area contributed by atoms with Gasteiger partial charge in [-0.3, -0.25) is 0 Å². The van der Waals surface area contributed by atoms with E-state index in [1.165, 1.54) is 16.1 Å². The van der Waals surface area contributed by atoms with Gasteiger partial charge in [0.05, 0.1) is 12.2 Å². The first-order valence-electron chi connectivity index (χ1n) is 9.24. The van der Waals surface area contributed by atoms with E-state index >= 15 is 0 Å². The van der Waals surface area contributed by atoms with Crippen molar-refractivity contribution in [1.29, 1.82) is 0 Å². The fourth-order valence-electron chi connectivity index (χ4n) is 3.06. The van der Waals surface area contributed by atoms with Gasteiger partial charge in [-0.1, -0.05) is 78.5 Å². The molecule has 1 aliphatic rings. The van der Waals surface area contributed by atoms with Crippen LogP contribution in [0.2, 0.25) is 0 Å². The number of hydrogen-bond acceptors (Lipinski definition) is 4. The monoisotopic (exact) mass is 453 g/mol. The van der Waals surface area contributed by atoms with Crippen molar-refractivity contribution in [2.45, 2.75) is 6.54 Å². The molecule has 3 aromatic carbocycles. The van der Waals surface area contributed by atoms with Gasteiger partial charge in [-0.25, -0.2) is 12.7 Å². The second kappa shape index (κ2) is 8.99. The Balaban J connectivity index is 1.70. The molecule has 3 aromatic rings. The Morgan fingerprint density at radius 1 is 0.933 bits per heavy atom. The second-order valence-corrected chi connectivity index (χ2v) is 10.0. The van der Waals surface area contributed by atoms with Gasteiger partial charge in [0, 0.05) is 5.69 Å². The average molecular weight is 454 g/mol. The Morgan fingerprint density at radius 2 is 1.50 bits per heavy atom. The van der Waals surface area contributed by atoms with Crippen LogP contribution in [0.15, 0.2) is 96.0 Å². The number of thiocarbonyl (C=S) groups is 1. The number of hydrogen-bond donors (Lipinski definition) is 0. The van der Waals surface area contributed by atoms with Crippen LogP contribution in [-0.2, 0) is 16.6 Å². The number of anilines is 2. The summed E-state index contributed by atoms with van der Waals surface area (Å²) in [6, 6.07) is 28.7. The average Bonchev–Trinajstić information content (AvgIpc) is 3.07. The first kappa shape index (κ1) is 20.6. The molecule has 1 aliphatic heterocycles. The molecule has 0 amide bonds. The molecule has 152 valence electrons. The van der Waals surface area contributed by atoms with Crippen molar-refractivity contribution in [3.8, 4) is 0 Å². The van der Waals surface area contributed by atoms with E-state index in [1.807, 2.05) is 71.6 Å². The third-order valence-electron chi connectivity index (χ3n) is 4.45. The minimum Gasteiger partial charge on any atom is -0.313 e. The van der Waals surface area contributed by atoms with Gasteiger partial charge in [0.2, 0.25) is 5.11 Å². The maximum Gasteiger partial charge on any atom is 0.250 e. The lowest BCUT2D eigenvalue weighted by molar-refractivity contribution is 0.602. The molecule has 0 radical (unpaired) electrons. The third kappa shape index (κ3) is 4.56. The summed E-state index contributed by atoms with van der Waals surface area (Å²) < 4.78 is 26.6. The van der Waals surface area contributed by atoms with Crippen LogP contribution in [0.4, 0.5) is 11.4 Å². The van der Waals surface area contributed by atoms with Crippen molar-refractivity contribution in [1.82, 2.24) is 0 Å². The Kier molecular flexibility index (Phi) is 6.17. The van der Waals surface area contributed by atoms with Crippen LogP contribution in [0.1, 0.15) is 5.56 Å². The highest BCUT2D eigenvalue weighted by Crippen LogP contribution is 2.32. The molecule has 0 atom stereocenters. The van der Waals surface area contributed by atoms with E-state index in [1.54, 1.807) is 24.3 Å². The van der Waals surface area contributed by atoms with Crippen molar-refractivity contribution >= 4 is 55.7 Å². The summed E-state index contributed by atoms with van der Waals surface area (Å²) in [6.07, 6.45) is 0. The van der Waals surface area contributed by atoms with Crippen LogP contribution < -0.4 is 9.21 Å². The lowest BCUT2D eigenvalue weighted by Gasteiger charge is -2.24. The second-order valence-electron chi connectivity index (χ2n) is 6.56. The predicted molar refractivity (Wildman–Crippen MR) is 129 cm³/mol. The van der Waals surface area contributed by atoms with E-state index in [-0.39, 0.29) is 5.08 Å². The van der Waals surface area contributed by atoms with Crippen LogP contribution in [0.25, 0.3) is 0 Å². The highest BCUT2D eigenvalue weighted by Gasteiger charge is 2.36. The molecule has 0 saturated carbocycles. The van der Waals surface area contributed by atoms with E-state index in [0.717, 1.165) is 11.3 Å². The van der Waals surface area contributed by atoms with Crippen molar-refractivity contribution < 1.29 is 8.42 Å². The van der Waals surface area contributed by atoms with Gasteiger partial charge in [0.25, 0.3) is 10.0 Å². The fraction of sp³-hybridized carbons (Fsp3) is 0.0909. The summed E-state index contributed by atoms with van der Waals surface area (Å²) >= 11 is 6.85. The molecule has 0 unspecified atom stereocenters. The summed E-state index contributed by atoms with van der Waals surface area (Å²) in [5.74, 6) is 0. The van der Waals surface area contributed by atoms with Gasteiger partial charge in [-0.2, -0.15) is 4.99 Å². The molecule has 0 N–H and O–H groups in total. The summed E-state index contributed by atoms with van der Waals surface area (Å²) in [5.41, 5.74) is 2.53. The Morgan fingerprint density at radius 3 is 2.13 bits per heavy atom. The summed E-state index contributed by atoms with van der Waals surface area (Å²) in [5, 5.41) is 0.610. The first-order chi connectivity index (χ1) is 14.5. The molecule has 1 saturated heterocycles. The van der Waals surface area contributed by atoms with Gasteiger partial charge in [0.1, 0.15) is 5.08 Å². The molecule has 1 heterocycles. The molecular formula is C22H19N3O2S3. The molecule has 0 spiro atoms. The number of sulfonamides is 1. The van der Waals surface area contributed by atoms with Crippen LogP contribution in [-0.4, -0.2) is 23.8 Å². The van der Waals surface area contributed by atoms with Gasteiger partial charge < -0.3 is 4.90 Å². The van der Waals surface area contributed by atoms with Crippen molar-refractivity contribution in [3.63, 3.8) is 0 Å². The first-order valence-corrected chi connectivity index (χ1v) is 12.2. The van der Waals surface area contributed by atoms with Gasteiger partial charge in [-0.05, 0) is 42.0 Å². The zero-order valence-corrected chi connectivity index (χ0v) is 18.4. The molecule has 8 heteroatoms. The van der Waals surface area contributed by atoms with E-state index in [2.05, 4.69) is 4.99 Å². The Bertz CT molecular complexity index is 1150. The molecule has 5 nitrogen and oxygen atoms in total. The molecule has 4 rings (SSSR count). The largest absolute Gasteiger partial charge is 0.313 e. The maximum absolute atomic E-state index is 12.7. The lowest BCUT2D eigenvalue weighted by Crippen LogP contribution is -2.33. The van der Waals surface area contributed by atoms with Crippen LogP contribution in [0.3, 0.4) is 0 Å². The summed E-state index contributed by atoms with van der Waals surface area (Å²) in [7, 11) is -3.50. The van der Waals surface area contributed by atoms with Crippen LogP contribution >= 0.6 is 24.0 Å². The number of rotatable bonds is 4. The van der Waals surface area contributed by atoms with Crippen molar-refractivity contribution in [3.05, 3.63) is 96.6 Å². The van der Waals surface area contributed by atoms with Crippen LogP contribution in [0.5, 0.6) is 0 Å². The van der Waals surface area contributed by atoms with Crippen LogP contribution in [0, 0.1) is 0 Å². The number of nitrogens with zero attached hydrogens (tertiary/aromatic N) is 3. The number of para-hydroxylation sites is 2. The normalized spacial score (nSPS) is 16.5. The predicted octanol–water partition coefficient (Wildman–Crippen LogP) is 4.87. The number of aliphatic imine (C=N–C) groups is 1.